The molecular formula is C9H16N2O4S. The van der Waals surface area contributed by atoms with Gasteiger partial charge in [0.15, 0.2) is 0 Å². The van der Waals surface area contributed by atoms with Gasteiger partial charge in [-0.3, -0.25) is 14.4 Å². The van der Waals surface area contributed by atoms with Gasteiger partial charge in [0.2, 0.25) is 12.3 Å². The molecule has 0 saturated carbocycles. The number of amides is 2. The quantitative estimate of drug-likeness (QED) is 0.501. The molecule has 0 unspecified atom stereocenters. The number of hydrogen-bond acceptors (Lipinski definition) is 4. The lowest BCUT2D eigenvalue weighted by molar-refractivity contribution is -0.141. The van der Waals surface area contributed by atoms with Crippen molar-refractivity contribution < 1.29 is 19.5 Å². The molecule has 2 atom stereocenters. The van der Waals surface area contributed by atoms with Crippen LogP contribution in [0.25, 0.3) is 0 Å². The van der Waals surface area contributed by atoms with Crippen molar-refractivity contribution in [3.63, 3.8) is 0 Å². The molecule has 0 radical (unpaired) electrons. The molecule has 0 aromatic rings. The first-order valence-corrected chi connectivity index (χ1v) is 6.14. The van der Waals surface area contributed by atoms with Crippen molar-refractivity contribution in [3.8, 4) is 0 Å². The summed E-state index contributed by atoms with van der Waals surface area (Å²) < 4.78 is 0. The van der Waals surface area contributed by atoms with Crippen molar-refractivity contribution in [1.82, 2.24) is 10.6 Å². The molecule has 0 bridgehead atoms. The van der Waals surface area contributed by atoms with Crippen LogP contribution in [0, 0.1) is 0 Å². The maximum Gasteiger partial charge on any atom is 0.325 e. The van der Waals surface area contributed by atoms with E-state index in [1.54, 1.807) is 11.8 Å². The van der Waals surface area contributed by atoms with Gasteiger partial charge in [-0.2, -0.15) is 11.8 Å². The van der Waals surface area contributed by atoms with Crippen molar-refractivity contribution in [2.24, 2.45) is 0 Å². The van der Waals surface area contributed by atoms with Crippen LogP contribution in [0.15, 0.2) is 0 Å². The first kappa shape index (κ1) is 14.8. The maximum absolute atomic E-state index is 11.5. The van der Waals surface area contributed by atoms with E-state index in [1.807, 2.05) is 6.26 Å². The fourth-order valence-corrected chi connectivity index (χ4v) is 1.46. The highest BCUT2D eigenvalue weighted by Gasteiger charge is 2.21. The SMILES string of the molecule is CSCC[C@H](NC=O)C(=O)N[C@H](C)C(=O)O. The van der Waals surface area contributed by atoms with Crippen LogP contribution in [0.5, 0.6) is 0 Å². The highest BCUT2D eigenvalue weighted by Crippen LogP contribution is 2.01. The molecule has 0 aliphatic carbocycles. The van der Waals surface area contributed by atoms with Crippen LogP contribution in [0.3, 0.4) is 0 Å². The lowest BCUT2D eigenvalue weighted by Gasteiger charge is -2.17. The third-order valence-electron chi connectivity index (χ3n) is 1.93. The summed E-state index contributed by atoms with van der Waals surface area (Å²) in [4.78, 5) is 32.4. The van der Waals surface area contributed by atoms with Gasteiger partial charge in [0.25, 0.3) is 0 Å². The smallest absolute Gasteiger partial charge is 0.325 e. The minimum absolute atomic E-state index is 0.440. The summed E-state index contributed by atoms with van der Waals surface area (Å²) in [6, 6.07) is -1.63. The topological polar surface area (TPSA) is 95.5 Å². The number of carbonyl (C=O) groups excluding carboxylic acids is 2. The number of aliphatic carboxylic acids is 1. The molecule has 0 aliphatic heterocycles. The second kappa shape index (κ2) is 7.98. The minimum atomic E-state index is -1.11. The molecule has 92 valence electrons. The minimum Gasteiger partial charge on any atom is -0.480 e. The van der Waals surface area contributed by atoms with Crippen molar-refractivity contribution in [2.45, 2.75) is 25.4 Å². The van der Waals surface area contributed by atoms with E-state index < -0.39 is 24.0 Å². The summed E-state index contributed by atoms with van der Waals surface area (Å²) >= 11 is 1.55. The van der Waals surface area contributed by atoms with Crippen molar-refractivity contribution in [1.29, 1.82) is 0 Å². The Bertz CT molecular complexity index is 260. The second-order valence-corrected chi connectivity index (χ2v) is 4.17. The number of rotatable bonds is 8. The first-order valence-electron chi connectivity index (χ1n) is 4.74. The molecular weight excluding hydrogens is 232 g/mol. The van der Waals surface area contributed by atoms with E-state index in [9.17, 15) is 14.4 Å². The molecule has 7 heteroatoms. The number of carboxylic acids is 1. The Morgan fingerprint density at radius 2 is 2.12 bits per heavy atom. The average molecular weight is 248 g/mol. The van der Waals surface area contributed by atoms with E-state index >= 15 is 0 Å². The number of nitrogens with one attached hydrogen (secondary N) is 2. The fraction of sp³-hybridized carbons (Fsp3) is 0.667. The molecule has 6 nitrogen and oxygen atoms in total. The lowest BCUT2D eigenvalue weighted by atomic mass is 10.2. The summed E-state index contributed by atoms with van der Waals surface area (Å²) in [5, 5.41) is 13.3. The van der Waals surface area contributed by atoms with Gasteiger partial charge in [0.05, 0.1) is 0 Å². The van der Waals surface area contributed by atoms with Crippen molar-refractivity contribution >= 4 is 30.0 Å². The molecule has 0 aromatic heterocycles. The molecule has 0 saturated heterocycles. The van der Waals surface area contributed by atoms with E-state index in [0.29, 0.717) is 18.6 Å². The van der Waals surface area contributed by atoms with Gasteiger partial charge in [-0.15, -0.1) is 0 Å². The van der Waals surface area contributed by atoms with Gasteiger partial charge >= 0.3 is 5.97 Å². The predicted octanol–water partition coefficient (Wildman–Crippen LogP) is -0.557. The van der Waals surface area contributed by atoms with Gasteiger partial charge < -0.3 is 15.7 Å². The van der Waals surface area contributed by atoms with Crippen LogP contribution in [-0.2, 0) is 14.4 Å². The fourth-order valence-electron chi connectivity index (χ4n) is 0.984. The van der Waals surface area contributed by atoms with E-state index in [-0.39, 0.29) is 0 Å². The maximum atomic E-state index is 11.5. The third kappa shape index (κ3) is 5.59. The number of thioether (sulfide) groups is 1. The second-order valence-electron chi connectivity index (χ2n) is 3.19. The van der Waals surface area contributed by atoms with Crippen LogP contribution < -0.4 is 10.6 Å². The van der Waals surface area contributed by atoms with Crippen LogP contribution in [0.2, 0.25) is 0 Å². The molecule has 0 fully saturated rings. The summed E-state index contributed by atoms with van der Waals surface area (Å²) in [6.07, 6.45) is 2.80. The molecule has 0 rings (SSSR count). The standard InChI is InChI=1S/C9H16N2O4S/c1-6(9(14)15)11-8(13)7(10-5-12)3-4-16-2/h5-7H,3-4H2,1-2H3,(H,10,12)(H,11,13)(H,14,15)/t6-,7+/m1/s1. The summed E-state index contributed by atoms with van der Waals surface area (Å²) in [5.41, 5.74) is 0. The summed E-state index contributed by atoms with van der Waals surface area (Å²) in [5.74, 6) is -0.875. The average Bonchev–Trinajstić information content (AvgIpc) is 2.23. The van der Waals surface area contributed by atoms with Crippen molar-refractivity contribution in [2.75, 3.05) is 12.0 Å². The zero-order valence-corrected chi connectivity index (χ0v) is 10.0. The predicted molar refractivity (Wildman–Crippen MR) is 61.2 cm³/mol. The third-order valence-corrected chi connectivity index (χ3v) is 2.57. The lowest BCUT2D eigenvalue weighted by Crippen LogP contribution is -2.49. The van der Waals surface area contributed by atoms with E-state index in [0.717, 1.165) is 0 Å². The van der Waals surface area contributed by atoms with E-state index in [2.05, 4.69) is 10.6 Å². The summed E-state index contributed by atoms with van der Waals surface area (Å²) in [6.45, 7) is 1.37. The molecule has 16 heavy (non-hydrogen) atoms. The highest BCUT2D eigenvalue weighted by molar-refractivity contribution is 7.98. The van der Waals surface area contributed by atoms with Gasteiger partial charge in [-0.25, -0.2) is 0 Å². The van der Waals surface area contributed by atoms with Crippen molar-refractivity contribution in [3.05, 3.63) is 0 Å². The first-order chi connectivity index (χ1) is 7.52. The molecule has 0 aliphatic rings. The molecule has 0 spiro atoms. The molecule has 2 amide bonds. The number of carbonyl (C=O) groups is 3. The van der Waals surface area contributed by atoms with Crippen LogP contribution in [0.4, 0.5) is 0 Å². The zero-order valence-electron chi connectivity index (χ0n) is 9.23. The molecule has 3 N–H and O–H groups in total. The molecule has 0 aromatic carbocycles. The van der Waals surface area contributed by atoms with Crippen LogP contribution in [0.1, 0.15) is 13.3 Å². The number of hydrogen-bond donors (Lipinski definition) is 3. The van der Waals surface area contributed by atoms with Gasteiger partial charge in [-0.1, -0.05) is 0 Å². The van der Waals surface area contributed by atoms with Gasteiger partial charge in [0.1, 0.15) is 12.1 Å². The Balaban J connectivity index is 4.25. The summed E-state index contributed by atoms with van der Waals surface area (Å²) in [7, 11) is 0. The Labute approximate surface area is 98.2 Å². The van der Waals surface area contributed by atoms with E-state index in [4.69, 9.17) is 5.11 Å². The Morgan fingerprint density at radius 3 is 2.56 bits per heavy atom. The monoisotopic (exact) mass is 248 g/mol. The zero-order chi connectivity index (χ0) is 12.6. The van der Waals surface area contributed by atoms with Crippen LogP contribution in [-0.4, -0.2) is 47.5 Å². The largest absolute Gasteiger partial charge is 0.480 e. The Kier molecular flexibility index (Phi) is 7.36. The highest BCUT2D eigenvalue weighted by atomic mass is 32.2. The Morgan fingerprint density at radius 1 is 1.50 bits per heavy atom. The number of carboxylic acid groups (broad SMARTS) is 1. The normalized spacial score (nSPS) is 13.6. The molecule has 0 heterocycles. The van der Waals surface area contributed by atoms with Crippen LogP contribution >= 0.6 is 11.8 Å². The van der Waals surface area contributed by atoms with Gasteiger partial charge in [-0.05, 0) is 25.4 Å². The van der Waals surface area contributed by atoms with Gasteiger partial charge in [0, 0.05) is 0 Å². The van der Waals surface area contributed by atoms with E-state index in [1.165, 1.54) is 6.92 Å². The Hall–Kier alpha value is -1.24.